The molecule has 0 bridgehead atoms. The minimum atomic E-state index is 0.209. The first kappa shape index (κ1) is 14.9. The molecule has 0 aromatic carbocycles. The normalized spacial score (nSPS) is 18.7. The number of nitrogens with two attached hydrogens (primary N) is 1. The van der Waals surface area contributed by atoms with Crippen LogP contribution in [0.5, 0.6) is 0 Å². The molecule has 1 aliphatic rings. The molecule has 0 saturated heterocycles. The van der Waals surface area contributed by atoms with Crippen LogP contribution >= 0.6 is 11.3 Å². The second-order valence-corrected chi connectivity index (χ2v) is 6.49. The zero-order valence-corrected chi connectivity index (χ0v) is 13.0. The highest BCUT2D eigenvalue weighted by molar-refractivity contribution is 7.11. The molecule has 1 unspecified atom stereocenters. The highest BCUT2D eigenvalue weighted by Crippen LogP contribution is 2.39. The van der Waals surface area contributed by atoms with Gasteiger partial charge in [0.05, 0.1) is 5.69 Å². The first-order valence-electron chi connectivity index (χ1n) is 7.54. The quantitative estimate of drug-likeness (QED) is 0.867. The Morgan fingerprint density at radius 3 is 2.74 bits per heavy atom. The van der Waals surface area contributed by atoms with Crippen LogP contribution in [0, 0.1) is 12.8 Å². The van der Waals surface area contributed by atoms with E-state index in [0.29, 0.717) is 12.5 Å². The van der Waals surface area contributed by atoms with Gasteiger partial charge in [-0.15, -0.1) is 11.3 Å². The molecule has 1 atom stereocenters. The van der Waals surface area contributed by atoms with E-state index in [4.69, 9.17) is 15.5 Å². The van der Waals surface area contributed by atoms with E-state index in [-0.39, 0.29) is 6.10 Å². The second-order valence-electron chi connectivity index (χ2n) is 5.37. The monoisotopic (exact) mass is 282 g/mol. The van der Waals surface area contributed by atoms with Gasteiger partial charge in [-0.05, 0) is 45.6 Å². The maximum Gasteiger partial charge on any atom is 0.122 e. The third kappa shape index (κ3) is 3.77. The Morgan fingerprint density at radius 1 is 1.37 bits per heavy atom. The van der Waals surface area contributed by atoms with Gasteiger partial charge in [0.25, 0.3) is 0 Å². The van der Waals surface area contributed by atoms with Gasteiger partial charge < -0.3 is 10.5 Å². The molecule has 19 heavy (non-hydrogen) atoms. The van der Waals surface area contributed by atoms with Crippen molar-refractivity contribution in [1.82, 2.24) is 4.98 Å². The number of thiazole rings is 1. The lowest BCUT2D eigenvalue weighted by Crippen LogP contribution is -2.19. The van der Waals surface area contributed by atoms with E-state index >= 15 is 0 Å². The van der Waals surface area contributed by atoms with Crippen LogP contribution in [0.25, 0.3) is 0 Å². The van der Waals surface area contributed by atoms with Crippen LogP contribution in [-0.4, -0.2) is 18.1 Å². The lowest BCUT2D eigenvalue weighted by Gasteiger charge is -2.28. The molecule has 1 heterocycles. The van der Waals surface area contributed by atoms with Crippen LogP contribution in [0.15, 0.2) is 0 Å². The third-order valence-corrected chi connectivity index (χ3v) is 5.23. The fraction of sp³-hybridized carbons (Fsp3) is 0.800. The van der Waals surface area contributed by atoms with Crippen LogP contribution in [0.4, 0.5) is 0 Å². The standard InChI is InChI=1S/C15H26N2OS/c1-3-18-14(12-7-5-4-6-8-12)15-17-11(2)13(19-15)9-10-16/h12,14H,3-10,16H2,1-2H3. The molecule has 108 valence electrons. The van der Waals surface area contributed by atoms with Gasteiger partial charge in [0.15, 0.2) is 0 Å². The largest absolute Gasteiger partial charge is 0.371 e. The number of hydrogen-bond acceptors (Lipinski definition) is 4. The summed E-state index contributed by atoms with van der Waals surface area (Å²) in [5.41, 5.74) is 6.81. The van der Waals surface area contributed by atoms with Crippen LogP contribution in [0.3, 0.4) is 0 Å². The molecule has 0 radical (unpaired) electrons. The van der Waals surface area contributed by atoms with E-state index in [9.17, 15) is 0 Å². The Labute approximate surface area is 120 Å². The molecule has 1 fully saturated rings. The van der Waals surface area contributed by atoms with Crippen molar-refractivity contribution >= 4 is 11.3 Å². The van der Waals surface area contributed by atoms with Crippen molar-refractivity contribution in [3.8, 4) is 0 Å². The summed E-state index contributed by atoms with van der Waals surface area (Å²) in [6, 6.07) is 0. The maximum absolute atomic E-state index is 6.03. The maximum atomic E-state index is 6.03. The fourth-order valence-electron chi connectivity index (χ4n) is 2.96. The van der Waals surface area contributed by atoms with Crippen molar-refractivity contribution in [2.45, 2.75) is 58.5 Å². The molecule has 1 aliphatic carbocycles. The van der Waals surface area contributed by atoms with E-state index in [1.165, 1.54) is 42.0 Å². The number of rotatable bonds is 6. The van der Waals surface area contributed by atoms with Gasteiger partial charge in [-0.25, -0.2) is 4.98 Å². The van der Waals surface area contributed by atoms with E-state index in [1.807, 2.05) is 11.3 Å². The third-order valence-electron chi connectivity index (χ3n) is 3.95. The van der Waals surface area contributed by atoms with Crippen LogP contribution in [-0.2, 0) is 11.2 Å². The van der Waals surface area contributed by atoms with E-state index < -0.39 is 0 Å². The number of hydrogen-bond donors (Lipinski definition) is 1. The molecule has 4 heteroatoms. The smallest absolute Gasteiger partial charge is 0.122 e. The molecule has 0 aliphatic heterocycles. The lowest BCUT2D eigenvalue weighted by atomic mass is 9.85. The molecule has 1 aromatic rings. The minimum absolute atomic E-state index is 0.209. The van der Waals surface area contributed by atoms with Crippen molar-refractivity contribution in [2.24, 2.45) is 11.7 Å². The topological polar surface area (TPSA) is 48.1 Å². The highest BCUT2D eigenvalue weighted by atomic mass is 32.1. The number of aromatic nitrogens is 1. The van der Waals surface area contributed by atoms with Crippen molar-refractivity contribution in [1.29, 1.82) is 0 Å². The average Bonchev–Trinajstić information content (AvgIpc) is 2.79. The average molecular weight is 282 g/mol. The Hall–Kier alpha value is -0.450. The van der Waals surface area contributed by atoms with Gasteiger partial charge in [0, 0.05) is 11.5 Å². The lowest BCUT2D eigenvalue weighted by molar-refractivity contribution is 0.00545. The van der Waals surface area contributed by atoms with Gasteiger partial charge in [-0.3, -0.25) is 0 Å². The molecule has 3 nitrogen and oxygen atoms in total. The number of aryl methyl sites for hydroxylation is 1. The van der Waals surface area contributed by atoms with Crippen molar-refractivity contribution in [2.75, 3.05) is 13.2 Å². The summed E-state index contributed by atoms with van der Waals surface area (Å²) in [5, 5.41) is 1.18. The molecular weight excluding hydrogens is 256 g/mol. The summed E-state index contributed by atoms with van der Waals surface area (Å²) in [7, 11) is 0. The first-order chi connectivity index (χ1) is 9.26. The number of ether oxygens (including phenoxy) is 1. The van der Waals surface area contributed by atoms with E-state index in [1.54, 1.807) is 0 Å². The Morgan fingerprint density at radius 2 is 2.11 bits per heavy atom. The predicted octanol–water partition coefficient (Wildman–Crippen LogP) is 3.61. The van der Waals surface area contributed by atoms with E-state index in [0.717, 1.165) is 18.7 Å². The van der Waals surface area contributed by atoms with Crippen molar-refractivity contribution < 1.29 is 4.74 Å². The molecule has 0 spiro atoms. The summed E-state index contributed by atoms with van der Waals surface area (Å²) in [5.74, 6) is 0.657. The molecular formula is C15H26N2OS. The number of nitrogens with zero attached hydrogens (tertiary/aromatic N) is 1. The van der Waals surface area contributed by atoms with Crippen LogP contribution in [0.2, 0.25) is 0 Å². The Balaban J connectivity index is 2.15. The van der Waals surface area contributed by atoms with Crippen LogP contribution in [0.1, 0.15) is 60.7 Å². The summed E-state index contributed by atoms with van der Waals surface area (Å²) in [4.78, 5) is 6.09. The van der Waals surface area contributed by atoms with Gasteiger partial charge in [-0.1, -0.05) is 19.3 Å². The molecule has 0 amide bonds. The van der Waals surface area contributed by atoms with Gasteiger partial charge in [0.2, 0.25) is 0 Å². The summed E-state index contributed by atoms with van der Waals surface area (Å²) >= 11 is 1.81. The summed E-state index contributed by atoms with van der Waals surface area (Å²) < 4.78 is 6.03. The zero-order chi connectivity index (χ0) is 13.7. The van der Waals surface area contributed by atoms with Gasteiger partial charge >= 0.3 is 0 Å². The predicted molar refractivity (Wildman–Crippen MR) is 80.6 cm³/mol. The first-order valence-corrected chi connectivity index (χ1v) is 8.35. The minimum Gasteiger partial charge on any atom is -0.371 e. The molecule has 1 aromatic heterocycles. The molecule has 2 N–H and O–H groups in total. The SMILES string of the molecule is CCOC(c1nc(C)c(CCN)s1)C1CCCCC1. The summed E-state index contributed by atoms with van der Waals surface area (Å²) in [6.45, 7) is 5.64. The molecule has 2 rings (SSSR count). The van der Waals surface area contributed by atoms with Crippen molar-refractivity contribution in [3.05, 3.63) is 15.6 Å². The Bertz CT molecular complexity index is 385. The Kier molecular flexibility index (Phi) is 5.79. The van der Waals surface area contributed by atoms with Gasteiger partial charge in [0.1, 0.15) is 11.1 Å². The fourth-order valence-corrected chi connectivity index (χ4v) is 4.19. The molecule has 1 saturated carbocycles. The highest BCUT2D eigenvalue weighted by Gasteiger charge is 2.28. The van der Waals surface area contributed by atoms with E-state index in [2.05, 4.69) is 13.8 Å². The van der Waals surface area contributed by atoms with Crippen molar-refractivity contribution in [3.63, 3.8) is 0 Å². The zero-order valence-electron chi connectivity index (χ0n) is 12.2. The van der Waals surface area contributed by atoms with Crippen LogP contribution < -0.4 is 5.73 Å². The summed E-state index contributed by atoms with van der Waals surface area (Å²) in [6.07, 6.45) is 7.78. The second kappa shape index (κ2) is 7.36. The van der Waals surface area contributed by atoms with Gasteiger partial charge in [-0.2, -0.15) is 0 Å².